The molecule has 0 radical (unpaired) electrons. The monoisotopic (exact) mass is 289 g/mol. The zero-order chi connectivity index (χ0) is 14.3. The zero-order valence-corrected chi connectivity index (χ0v) is 11.7. The lowest BCUT2D eigenvalue weighted by Crippen LogP contribution is -2.47. The first-order chi connectivity index (χ1) is 9.06. The van der Waals surface area contributed by atoms with Gasteiger partial charge in [-0.1, -0.05) is 6.92 Å². The Morgan fingerprint density at radius 1 is 1.32 bits per heavy atom. The van der Waals surface area contributed by atoms with Gasteiger partial charge in [-0.2, -0.15) is 0 Å². The Bertz CT molecular complexity index is 351. The van der Waals surface area contributed by atoms with Crippen LogP contribution in [0.3, 0.4) is 0 Å². The maximum atomic E-state index is 11.8. The molecular weight excluding hydrogens is 270 g/mol. The fourth-order valence-corrected chi connectivity index (χ4v) is 2.73. The molecule has 0 aliphatic carbocycles. The smallest absolute Gasteiger partial charge is 0.327 e. The van der Waals surface area contributed by atoms with E-state index in [2.05, 4.69) is 10.6 Å². The maximum absolute atomic E-state index is 11.8. The average molecular weight is 289 g/mol. The molecule has 1 aliphatic heterocycles. The van der Waals surface area contributed by atoms with Gasteiger partial charge in [0.05, 0.1) is 5.88 Å². The Kier molecular flexibility index (Phi) is 6.48. The number of nitrogens with one attached hydrogen (secondary N) is 2. The van der Waals surface area contributed by atoms with Crippen molar-refractivity contribution >= 4 is 29.7 Å². The molecule has 1 aliphatic rings. The second kappa shape index (κ2) is 7.88. The van der Waals surface area contributed by atoms with E-state index < -0.39 is 18.0 Å². The number of rotatable bonds is 6. The van der Waals surface area contributed by atoms with E-state index in [4.69, 9.17) is 5.11 Å². The summed E-state index contributed by atoms with van der Waals surface area (Å²) in [4.78, 5) is 35.3. The van der Waals surface area contributed by atoms with Gasteiger partial charge in [0.2, 0.25) is 5.91 Å². The SMILES string of the molecule is CCCNC(=O)CCNC(=O)N1CSC[C@H]1C(=O)O. The Hall–Kier alpha value is -1.44. The summed E-state index contributed by atoms with van der Waals surface area (Å²) in [6, 6.07) is -1.21. The summed E-state index contributed by atoms with van der Waals surface area (Å²) >= 11 is 1.40. The van der Waals surface area contributed by atoms with Crippen LogP contribution in [-0.2, 0) is 9.59 Å². The quantitative estimate of drug-likeness (QED) is 0.643. The molecule has 0 aromatic heterocycles. The summed E-state index contributed by atoms with van der Waals surface area (Å²) in [5, 5.41) is 14.2. The molecule has 8 heteroatoms. The second-order valence-electron chi connectivity index (χ2n) is 4.16. The van der Waals surface area contributed by atoms with Crippen molar-refractivity contribution in [2.75, 3.05) is 24.7 Å². The highest BCUT2D eigenvalue weighted by molar-refractivity contribution is 7.99. The minimum atomic E-state index is -0.999. The van der Waals surface area contributed by atoms with Crippen LogP contribution < -0.4 is 10.6 Å². The van der Waals surface area contributed by atoms with Crippen molar-refractivity contribution in [2.45, 2.75) is 25.8 Å². The zero-order valence-electron chi connectivity index (χ0n) is 10.8. The molecule has 0 bridgehead atoms. The molecule has 19 heavy (non-hydrogen) atoms. The minimum Gasteiger partial charge on any atom is -0.480 e. The number of amides is 3. The predicted molar refractivity (Wildman–Crippen MR) is 71.9 cm³/mol. The van der Waals surface area contributed by atoms with Gasteiger partial charge in [-0.25, -0.2) is 9.59 Å². The van der Waals surface area contributed by atoms with E-state index in [0.717, 1.165) is 6.42 Å². The molecule has 3 N–H and O–H groups in total. The summed E-state index contributed by atoms with van der Waals surface area (Å²) < 4.78 is 0. The van der Waals surface area contributed by atoms with Crippen molar-refractivity contribution in [2.24, 2.45) is 0 Å². The summed E-state index contributed by atoms with van der Waals surface area (Å²) in [5.41, 5.74) is 0. The molecule has 0 spiro atoms. The van der Waals surface area contributed by atoms with Gasteiger partial charge in [0.15, 0.2) is 0 Å². The third-order valence-corrected chi connectivity index (χ3v) is 3.64. The molecule has 108 valence electrons. The van der Waals surface area contributed by atoms with Gasteiger partial charge in [0.25, 0.3) is 0 Å². The van der Waals surface area contributed by atoms with Crippen molar-refractivity contribution in [3.8, 4) is 0 Å². The van der Waals surface area contributed by atoms with E-state index in [0.29, 0.717) is 18.2 Å². The molecule has 1 atom stereocenters. The Labute approximate surface area is 116 Å². The first-order valence-electron chi connectivity index (χ1n) is 6.18. The lowest BCUT2D eigenvalue weighted by Gasteiger charge is -2.20. The third kappa shape index (κ3) is 4.98. The number of hydrogen-bond donors (Lipinski definition) is 3. The molecule has 1 saturated heterocycles. The van der Waals surface area contributed by atoms with E-state index in [1.165, 1.54) is 16.7 Å². The number of aliphatic carboxylic acids is 1. The van der Waals surface area contributed by atoms with Gasteiger partial charge in [-0.05, 0) is 6.42 Å². The number of hydrogen-bond acceptors (Lipinski definition) is 4. The van der Waals surface area contributed by atoms with Crippen molar-refractivity contribution in [3.05, 3.63) is 0 Å². The second-order valence-corrected chi connectivity index (χ2v) is 5.16. The Balaban J connectivity index is 2.27. The van der Waals surface area contributed by atoms with Crippen molar-refractivity contribution in [1.29, 1.82) is 0 Å². The largest absolute Gasteiger partial charge is 0.480 e. The minimum absolute atomic E-state index is 0.118. The lowest BCUT2D eigenvalue weighted by molar-refractivity contribution is -0.140. The average Bonchev–Trinajstić information content (AvgIpc) is 2.85. The number of thioether (sulfide) groups is 1. The van der Waals surface area contributed by atoms with Crippen LogP contribution in [0, 0.1) is 0 Å². The van der Waals surface area contributed by atoms with Gasteiger partial charge < -0.3 is 20.6 Å². The fraction of sp³-hybridized carbons (Fsp3) is 0.727. The highest BCUT2D eigenvalue weighted by atomic mass is 32.2. The molecule has 0 unspecified atom stereocenters. The van der Waals surface area contributed by atoms with Crippen LogP contribution in [0.1, 0.15) is 19.8 Å². The number of urea groups is 1. The van der Waals surface area contributed by atoms with E-state index >= 15 is 0 Å². The first-order valence-corrected chi connectivity index (χ1v) is 7.33. The van der Waals surface area contributed by atoms with Crippen LogP contribution in [-0.4, -0.2) is 58.7 Å². The van der Waals surface area contributed by atoms with Gasteiger partial charge in [0, 0.05) is 25.3 Å². The van der Waals surface area contributed by atoms with Crippen LogP contribution in [0.25, 0.3) is 0 Å². The summed E-state index contributed by atoms with van der Waals surface area (Å²) in [6.45, 7) is 2.79. The number of carboxylic acids is 1. The Morgan fingerprint density at radius 2 is 2.05 bits per heavy atom. The predicted octanol–water partition coefficient (Wildman–Crippen LogP) is 0.0718. The molecule has 1 rings (SSSR count). The Morgan fingerprint density at radius 3 is 2.68 bits per heavy atom. The number of carboxylic acid groups (broad SMARTS) is 1. The third-order valence-electron chi connectivity index (χ3n) is 2.63. The summed E-state index contributed by atoms with van der Waals surface area (Å²) in [7, 11) is 0. The van der Waals surface area contributed by atoms with Gasteiger partial charge >= 0.3 is 12.0 Å². The highest BCUT2D eigenvalue weighted by Gasteiger charge is 2.34. The van der Waals surface area contributed by atoms with Crippen LogP contribution in [0.4, 0.5) is 4.79 Å². The standard InChI is InChI=1S/C11H19N3O4S/c1-2-4-12-9(15)3-5-13-11(18)14-7-19-6-8(14)10(16)17/h8H,2-7H2,1H3,(H,12,15)(H,13,18)(H,16,17)/t8-/m0/s1. The number of carbonyl (C=O) groups is 3. The molecule has 0 saturated carbocycles. The van der Waals surface area contributed by atoms with E-state index in [1.54, 1.807) is 0 Å². The first kappa shape index (κ1) is 15.6. The number of nitrogens with zero attached hydrogens (tertiary/aromatic N) is 1. The van der Waals surface area contributed by atoms with Crippen LogP contribution in [0.5, 0.6) is 0 Å². The molecule has 1 fully saturated rings. The molecule has 3 amide bonds. The maximum Gasteiger partial charge on any atom is 0.327 e. The van der Waals surface area contributed by atoms with E-state index in [-0.39, 0.29) is 18.9 Å². The van der Waals surface area contributed by atoms with Gasteiger partial charge in [-0.15, -0.1) is 11.8 Å². The van der Waals surface area contributed by atoms with Crippen LogP contribution >= 0.6 is 11.8 Å². The number of carbonyl (C=O) groups excluding carboxylic acids is 2. The normalized spacial score (nSPS) is 18.2. The van der Waals surface area contributed by atoms with Crippen LogP contribution in [0.15, 0.2) is 0 Å². The summed E-state index contributed by atoms with van der Waals surface area (Å²) in [5.74, 6) is -0.349. The summed E-state index contributed by atoms with van der Waals surface area (Å²) in [6.07, 6.45) is 1.06. The molecular formula is C11H19N3O4S. The van der Waals surface area contributed by atoms with Crippen molar-refractivity contribution < 1.29 is 19.5 Å². The molecule has 7 nitrogen and oxygen atoms in total. The molecule has 0 aromatic carbocycles. The van der Waals surface area contributed by atoms with Crippen molar-refractivity contribution in [3.63, 3.8) is 0 Å². The van der Waals surface area contributed by atoms with Crippen LogP contribution in [0.2, 0.25) is 0 Å². The van der Waals surface area contributed by atoms with E-state index in [1.807, 2.05) is 6.92 Å². The highest BCUT2D eigenvalue weighted by Crippen LogP contribution is 2.20. The topological polar surface area (TPSA) is 98.7 Å². The van der Waals surface area contributed by atoms with Crippen molar-refractivity contribution in [1.82, 2.24) is 15.5 Å². The fourth-order valence-electron chi connectivity index (χ4n) is 1.58. The van der Waals surface area contributed by atoms with Gasteiger partial charge in [0.1, 0.15) is 6.04 Å². The van der Waals surface area contributed by atoms with E-state index in [9.17, 15) is 14.4 Å². The molecule has 0 aromatic rings. The lowest BCUT2D eigenvalue weighted by atomic mass is 10.3. The van der Waals surface area contributed by atoms with Gasteiger partial charge in [-0.3, -0.25) is 4.79 Å². The molecule has 1 heterocycles.